The van der Waals surface area contributed by atoms with Crippen LogP contribution in [0.25, 0.3) is 0 Å². The second kappa shape index (κ2) is 5.52. The van der Waals surface area contributed by atoms with Gasteiger partial charge in [-0.3, -0.25) is 10.1 Å². The number of nitro groups is 1. The van der Waals surface area contributed by atoms with E-state index in [1.807, 2.05) is 11.8 Å². The van der Waals surface area contributed by atoms with Crippen molar-refractivity contribution in [3.63, 3.8) is 0 Å². The van der Waals surface area contributed by atoms with Crippen molar-refractivity contribution in [2.24, 2.45) is 11.7 Å². The number of benzene rings is 1. The van der Waals surface area contributed by atoms with Crippen LogP contribution in [-0.4, -0.2) is 24.1 Å². The number of halogens is 1. The number of piperidine rings is 1. The molecule has 2 unspecified atom stereocenters. The Morgan fingerprint density at radius 3 is 2.95 bits per heavy atom. The first kappa shape index (κ1) is 13.7. The Balaban J connectivity index is 2.30. The molecule has 104 valence electrons. The zero-order valence-electron chi connectivity index (χ0n) is 10.9. The van der Waals surface area contributed by atoms with Gasteiger partial charge in [-0.1, -0.05) is 0 Å². The molecule has 1 saturated heterocycles. The molecule has 1 fully saturated rings. The van der Waals surface area contributed by atoms with E-state index in [1.54, 1.807) is 0 Å². The summed E-state index contributed by atoms with van der Waals surface area (Å²) >= 11 is 0. The Kier molecular flexibility index (Phi) is 3.99. The molecule has 0 radical (unpaired) electrons. The summed E-state index contributed by atoms with van der Waals surface area (Å²) in [7, 11) is 0. The smallest absolute Gasteiger partial charge is 0.292 e. The van der Waals surface area contributed by atoms with E-state index >= 15 is 0 Å². The van der Waals surface area contributed by atoms with Gasteiger partial charge in [0.15, 0.2) is 0 Å². The largest absolute Gasteiger partial charge is 0.366 e. The van der Waals surface area contributed by atoms with Crippen LogP contribution < -0.4 is 10.6 Å². The maximum Gasteiger partial charge on any atom is 0.292 e. The molecule has 1 aromatic rings. The van der Waals surface area contributed by atoms with Gasteiger partial charge in [-0.2, -0.15) is 0 Å². The molecule has 0 aliphatic carbocycles. The summed E-state index contributed by atoms with van der Waals surface area (Å²) in [5.74, 6) is -0.167. The molecule has 1 heterocycles. The first-order chi connectivity index (χ1) is 8.99. The average Bonchev–Trinajstić information content (AvgIpc) is 2.38. The number of hydrogen-bond acceptors (Lipinski definition) is 4. The number of anilines is 1. The molecule has 19 heavy (non-hydrogen) atoms. The SMILES string of the molecule is CC(N)C1CCCN(c2cc(F)ccc2[N+](=O)[O-])C1. The van der Waals surface area contributed by atoms with Crippen LogP contribution in [0.1, 0.15) is 19.8 Å². The molecule has 5 nitrogen and oxygen atoms in total. The zero-order chi connectivity index (χ0) is 14.0. The lowest BCUT2D eigenvalue weighted by Crippen LogP contribution is -2.42. The van der Waals surface area contributed by atoms with E-state index in [0.717, 1.165) is 18.9 Å². The van der Waals surface area contributed by atoms with E-state index in [-0.39, 0.29) is 17.6 Å². The third-order valence-electron chi connectivity index (χ3n) is 3.68. The second-order valence-corrected chi connectivity index (χ2v) is 5.10. The van der Waals surface area contributed by atoms with Crippen molar-refractivity contribution in [1.29, 1.82) is 0 Å². The molecule has 0 bridgehead atoms. The number of nitrogens with zero attached hydrogens (tertiary/aromatic N) is 2. The van der Waals surface area contributed by atoms with Crippen LogP contribution in [0.4, 0.5) is 15.8 Å². The monoisotopic (exact) mass is 267 g/mol. The summed E-state index contributed by atoms with van der Waals surface area (Å²) in [4.78, 5) is 12.4. The Morgan fingerprint density at radius 2 is 2.32 bits per heavy atom. The van der Waals surface area contributed by atoms with Gasteiger partial charge in [-0.25, -0.2) is 4.39 Å². The van der Waals surface area contributed by atoms with Crippen LogP contribution in [0.3, 0.4) is 0 Å². The van der Waals surface area contributed by atoms with Gasteiger partial charge < -0.3 is 10.6 Å². The topological polar surface area (TPSA) is 72.4 Å². The quantitative estimate of drug-likeness (QED) is 0.673. The molecule has 6 heteroatoms. The summed E-state index contributed by atoms with van der Waals surface area (Å²) in [6.07, 6.45) is 1.93. The maximum absolute atomic E-state index is 13.3. The Bertz CT molecular complexity index is 479. The van der Waals surface area contributed by atoms with Gasteiger partial charge in [0, 0.05) is 31.3 Å². The molecular weight excluding hydrogens is 249 g/mol. The predicted octanol–water partition coefficient (Wildman–Crippen LogP) is 2.30. The molecule has 0 aromatic heterocycles. The lowest BCUT2D eigenvalue weighted by molar-refractivity contribution is -0.384. The molecule has 2 rings (SSSR count). The van der Waals surface area contributed by atoms with Gasteiger partial charge in [-0.15, -0.1) is 0 Å². The fourth-order valence-corrected chi connectivity index (χ4v) is 2.56. The molecule has 1 aliphatic heterocycles. The van der Waals surface area contributed by atoms with Crippen molar-refractivity contribution in [3.8, 4) is 0 Å². The molecule has 2 N–H and O–H groups in total. The van der Waals surface area contributed by atoms with Crippen molar-refractivity contribution in [3.05, 3.63) is 34.1 Å². The highest BCUT2D eigenvalue weighted by molar-refractivity contribution is 5.63. The highest BCUT2D eigenvalue weighted by atomic mass is 19.1. The van der Waals surface area contributed by atoms with Gasteiger partial charge in [0.1, 0.15) is 11.5 Å². The standard InChI is InChI=1S/C13H18FN3O2/c1-9(15)10-3-2-6-16(8-10)13-7-11(14)4-5-12(13)17(18)19/h4-5,7,9-10H,2-3,6,8,15H2,1H3. The molecule has 2 atom stereocenters. The Hall–Kier alpha value is -1.69. The third kappa shape index (κ3) is 3.01. The average molecular weight is 267 g/mol. The first-order valence-electron chi connectivity index (χ1n) is 6.43. The summed E-state index contributed by atoms with van der Waals surface area (Å²) in [6, 6.07) is 3.62. The van der Waals surface area contributed by atoms with Crippen LogP contribution in [0.15, 0.2) is 18.2 Å². The number of hydrogen-bond donors (Lipinski definition) is 1. The zero-order valence-corrected chi connectivity index (χ0v) is 10.9. The van der Waals surface area contributed by atoms with Crippen molar-refractivity contribution >= 4 is 11.4 Å². The van der Waals surface area contributed by atoms with Gasteiger partial charge >= 0.3 is 0 Å². The van der Waals surface area contributed by atoms with Gasteiger partial charge in [0.05, 0.1) is 4.92 Å². The van der Waals surface area contributed by atoms with Crippen molar-refractivity contribution in [1.82, 2.24) is 0 Å². The van der Waals surface area contributed by atoms with E-state index in [2.05, 4.69) is 0 Å². The van der Waals surface area contributed by atoms with Crippen molar-refractivity contribution in [2.75, 3.05) is 18.0 Å². The summed E-state index contributed by atoms with van der Waals surface area (Å²) < 4.78 is 13.3. The summed E-state index contributed by atoms with van der Waals surface area (Å²) in [6.45, 7) is 3.28. The minimum absolute atomic E-state index is 0.0374. The van der Waals surface area contributed by atoms with Crippen LogP contribution in [0.5, 0.6) is 0 Å². The molecule has 1 aromatic carbocycles. The molecular formula is C13H18FN3O2. The van der Waals surface area contributed by atoms with Crippen LogP contribution in [0.2, 0.25) is 0 Å². The predicted molar refractivity (Wildman–Crippen MR) is 71.6 cm³/mol. The van der Waals surface area contributed by atoms with E-state index in [9.17, 15) is 14.5 Å². The van der Waals surface area contributed by atoms with E-state index in [1.165, 1.54) is 12.1 Å². The molecule has 0 amide bonds. The lowest BCUT2D eigenvalue weighted by Gasteiger charge is -2.35. The number of rotatable bonds is 3. The highest BCUT2D eigenvalue weighted by Gasteiger charge is 2.27. The van der Waals surface area contributed by atoms with Gasteiger partial charge in [0.25, 0.3) is 5.69 Å². The minimum Gasteiger partial charge on any atom is -0.366 e. The van der Waals surface area contributed by atoms with Crippen LogP contribution in [0, 0.1) is 21.8 Å². The first-order valence-corrected chi connectivity index (χ1v) is 6.43. The normalized spacial score (nSPS) is 21.2. The molecule has 1 aliphatic rings. The van der Waals surface area contributed by atoms with E-state index in [0.29, 0.717) is 18.8 Å². The fourth-order valence-electron chi connectivity index (χ4n) is 2.56. The van der Waals surface area contributed by atoms with Crippen LogP contribution >= 0.6 is 0 Å². The second-order valence-electron chi connectivity index (χ2n) is 5.10. The van der Waals surface area contributed by atoms with E-state index < -0.39 is 10.7 Å². The van der Waals surface area contributed by atoms with Gasteiger partial charge in [0.2, 0.25) is 0 Å². The number of nitro benzene ring substituents is 1. The van der Waals surface area contributed by atoms with E-state index in [4.69, 9.17) is 5.73 Å². The molecule has 0 saturated carbocycles. The number of nitrogens with two attached hydrogens (primary N) is 1. The third-order valence-corrected chi connectivity index (χ3v) is 3.68. The van der Waals surface area contributed by atoms with Crippen molar-refractivity contribution in [2.45, 2.75) is 25.8 Å². The lowest BCUT2D eigenvalue weighted by atomic mass is 9.92. The van der Waals surface area contributed by atoms with Gasteiger partial charge in [-0.05, 0) is 31.7 Å². The molecule has 0 spiro atoms. The van der Waals surface area contributed by atoms with Crippen LogP contribution in [-0.2, 0) is 0 Å². The minimum atomic E-state index is -0.468. The summed E-state index contributed by atoms with van der Waals surface area (Å²) in [5.41, 5.74) is 6.21. The Labute approximate surface area is 111 Å². The van der Waals surface area contributed by atoms with Crippen molar-refractivity contribution < 1.29 is 9.31 Å². The fraction of sp³-hybridized carbons (Fsp3) is 0.538. The maximum atomic E-state index is 13.3. The highest BCUT2D eigenvalue weighted by Crippen LogP contribution is 2.32. The Morgan fingerprint density at radius 1 is 1.58 bits per heavy atom. The summed E-state index contributed by atoms with van der Waals surface area (Å²) in [5, 5.41) is 11.0.